The molecule has 1 heterocycles. The van der Waals surface area contributed by atoms with Gasteiger partial charge in [-0.15, -0.1) is 0 Å². The van der Waals surface area contributed by atoms with Gasteiger partial charge in [-0.1, -0.05) is 32.0 Å². The molecule has 0 spiro atoms. The lowest BCUT2D eigenvalue weighted by atomic mass is 9.74. The number of benzene rings is 1. The van der Waals surface area contributed by atoms with Gasteiger partial charge in [0.05, 0.1) is 0 Å². The lowest BCUT2D eigenvalue weighted by Gasteiger charge is -2.42. The molecule has 0 aromatic heterocycles. The Hall–Kier alpha value is -1.02. The first-order valence-electron chi connectivity index (χ1n) is 6.20. The molecule has 2 nitrogen and oxygen atoms in total. The van der Waals surface area contributed by atoms with E-state index in [4.69, 9.17) is 0 Å². The Morgan fingerprint density at radius 2 is 2.00 bits per heavy atom. The number of rotatable bonds is 2. The highest BCUT2D eigenvalue weighted by Gasteiger charge is 2.38. The number of phenols is 1. The van der Waals surface area contributed by atoms with E-state index in [0.717, 1.165) is 18.5 Å². The van der Waals surface area contributed by atoms with Crippen LogP contribution in [0.2, 0.25) is 0 Å². The molecule has 0 amide bonds. The molecular weight excluding hydrogens is 198 g/mol. The fraction of sp³-hybridized carbons (Fsp3) is 0.571. The summed E-state index contributed by atoms with van der Waals surface area (Å²) in [7, 11) is 0. The second-order valence-corrected chi connectivity index (χ2v) is 5.03. The highest BCUT2D eigenvalue weighted by molar-refractivity contribution is 5.38. The van der Waals surface area contributed by atoms with Gasteiger partial charge in [-0.05, 0) is 37.8 Å². The van der Waals surface area contributed by atoms with Crippen molar-refractivity contribution in [3.8, 4) is 5.75 Å². The molecule has 1 aliphatic heterocycles. The van der Waals surface area contributed by atoms with Crippen LogP contribution in [-0.4, -0.2) is 11.7 Å². The maximum atomic E-state index is 10.0. The third-order valence-electron chi connectivity index (χ3n) is 3.81. The molecule has 1 atom stereocenters. The molecule has 0 saturated carbocycles. The molecule has 0 aliphatic carbocycles. The van der Waals surface area contributed by atoms with E-state index in [1.807, 2.05) is 18.2 Å². The van der Waals surface area contributed by atoms with Crippen molar-refractivity contribution < 1.29 is 5.11 Å². The fourth-order valence-corrected chi connectivity index (χ4v) is 2.81. The smallest absolute Gasteiger partial charge is 0.120 e. The van der Waals surface area contributed by atoms with E-state index in [0.29, 0.717) is 11.7 Å². The average Bonchev–Trinajstić information content (AvgIpc) is 2.30. The average molecular weight is 219 g/mol. The maximum absolute atomic E-state index is 10.0. The lowest BCUT2D eigenvalue weighted by molar-refractivity contribution is 0.179. The van der Waals surface area contributed by atoms with Crippen LogP contribution in [0.3, 0.4) is 0 Å². The largest absolute Gasteiger partial charge is 0.508 e. The number of nitrogens with one attached hydrogen (secondary N) is 1. The molecule has 2 rings (SSSR count). The summed E-state index contributed by atoms with van der Waals surface area (Å²) in [6, 6.07) is 7.73. The Morgan fingerprint density at radius 1 is 1.25 bits per heavy atom. The van der Waals surface area contributed by atoms with Crippen molar-refractivity contribution >= 4 is 0 Å². The topological polar surface area (TPSA) is 32.3 Å². The summed E-state index contributed by atoms with van der Waals surface area (Å²) >= 11 is 0. The standard InChI is InChI=1S/C14H21NO/c1-11(2)14(9-5-6-10-15-14)12-7-3-4-8-13(12)16/h3-4,7-8,11,15-16H,5-6,9-10H2,1-2H3. The Balaban J connectivity index is 2.43. The number of aromatic hydroxyl groups is 1. The predicted molar refractivity (Wildman–Crippen MR) is 66.5 cm³/mol. The van der Waals surface area contributed by atoms with Crippen LogP contribution < -0.4 is 5.32 Å². The van der Waals surface area contributed by atoms with E-state index >= 15 is 0 Å². The first kappa shape index (κ1) is 11.5. The minimum Gasteiger partial charge on any atom is -0.508 e. The van der Waals surface area contributed by atoms with Crippen LogP contribution >= 0.6 is 0 Å². The van der Waals surface area contributed by atoms with E-state index in [-0.39, 0.29) is 5.54 Å². The van der Waals surface area contributed by atoms with Gasteiger partial charge >= 0.3 is 0 Å². The molecule has 1 unspecified atom stereocenters. The molecule has 0 radical (unpaired) electrons. The monoisotopic (exact) mass is 219 g/mol. The highest BCUT2D eigenvalue weighted by Crippen LogP contribution is 2.40. The lowest BCUT2D eigenvalue weighted by Crippen LogP contribution is -2.49. The Labute approximate surface area is 97.7 Å². The Bertz CT molecular complexity index is 354. The van der Waals surface area contributed by atoms with Crippen molar-refractivity contribution in [3.05, 3.63) is 29.8 Å². The SMILES string of the molecule is CC(C)C1(c2ccccc2O)CCCCN1. The number of hydrogen-bond donors (Lipinski definition) is 2. The highest BCUT2D eigenvalue weighted by atomic mass is 16.3. The van der Waals surface area contributed by atoms with E-state index in [9.17, 15) is 5.11 Å². The van der Waals surface area contributed by atoms with E-state index in [1.165, 1.54) is 12.8 Å². The number of phenolic OH excluding ortho intramolecular Hbond substituents is 1. The summed E-state index contributed by atoms with van der Waals surface area (Å²) in [6.45, 7) is 5.50. The molecule has 1 saturated heterocycles. The van der Waals surface area contributed by atoms with Gasteiger partial charge in [-0.25, -0.2) is 0 Å². The van der Waals surface area contributed by atoms with Crippen LogP contribution in [0.4, 0.5) is 0 Å². The van der Waals surface area contributed by atoms with E-state index in [1.54, 1.807) is 6.07 Å². The Morgan fingerprint density at radius 3 is 2.56 bits per heavy atom. The van der Waals surface area contributed by atoms with Crippen LogP contribution in [0.25, 0.3) is 0 Å². The fourth-order valence-electron chi connectivity index (χ4n) is 2.81. The summed E-state index contributed by atoms with van der Waals surface area (Å²) in [5, 5.41) is 13.7. The molecule has 1 aromatic carbocycles. The van der Waals surface area contributed by atoms with Gasteiger partial charge < -0.3 is 10.4 Å². The van der Waals surface area contributed by atoms with Crippen molar-refractivity contribution in [1.82, 2.24) is 5.32 Å². The first-order chi connectivity index (χ1) is 7.67. The van der Waals surface area contributed by atoms with Gasteiger partial charge in [-0.2, -0.15) is 0 Å². The molecule has 88 valence electrons. The molecular formula is C14H21NO. The molecule has 2 N–H and O–H groups in total. The van der Waals surface area contributed by atoms with Crippen LogP contribution in [0.1, 0.15) is 38.7 Å². The summed E-state index contributed by atoms with van der Waals surface area (Å²) < 4.78 is 0. The molecule has 16 heavy (non-hydrogen) atoms. The number of piperidine rings is 1. The third kappa shape index (κ3) is 1.82. The second-order valence-electron chi connectivity index (χ2n) is 5.03. The molecule has 1 fully saturated rings. The summed E-state index contributed by atoms with van der Waals surface area (Å²) in [6.07, 6.45) is 3.59. The first-order valence-corrected chi connectivity index (χ1v) is 6.20. The Kier molecular flexibility index (Phi) is 3.20. The van der Waals surface area contributed by atoms with Gasteiger partial charge in [0, 0.05) is 11.1 Å². The molecule has 2 heteroatoms. The minimum atomic E-state index is -0.0381. The normalized spacial score (nSPS) is 25.9. The maximum Gasteiger partial charge on any atom is 0.120 e. The number of para-hydroxylation sites is 1. The van der Waals surface area contributed by atoms with Crippen LogP contribution in [0.5, 0.6) is 5.75 Å². The van der Waals surface area contributed by atoms with Gasteiger partial charge in [0.15, 0.2) is 0 Å². The van der Waals surface area contributed by atoms with Crippen molar-refractivity contribution in [2.24, 2.45) is 5.92 Å². The third-order valence-corrected chi connectivity index (χ3v) is 3.81. The zero-order valence-electron chi connectivity index (χ0n) is 10.2. The van der Waals surface area contributed by atoms with Gasteiger partial charge in [0.2, 0.25) is 0 Å². The van der Waals surface area contributed by atoms with Crippen LogP contribution in [0, 0.1) is 5.92 Å². The molecule has 1 aromatic rings. The van der Waals surface area contributed by atoms with Crippen molar-refractivity contribution in [2.45, 2.75) is 38.6 Å². The second kappa shape index (κ2) is 4.46. The summed E-state index contributed by atoms with van der Waals surface area (Å²) in [5.74, 6) is 0.909. The van der Waals surface area contributed by atoms with Crippen molar-refractivity contribution in [1.29, 1.82) is 0 Å². The van der Waals surface area contributed by atoms with E-state index < -0.39 is 0 Å². The summed E-state index contributed by atoms with van der Waals surface area (Å²) in [5.41, 5.74) is 1.02. The molecule has 0 bridgehead atoms. The van der Waals surface area contributed by atoms with E-state index in [2.05, 4.69) is 19.2 Å². The van der Waals surface area contributed by atoms with Crippen LogP contribution in [0.15, 0.2) is 24.3 Å². The van der Waals surface area contributed by atoms with Crippen molar-refractivity contribution in [3.63, 3.8) is 0 Å². The number of hydrogen-bond acceptors (Lipinski definition) is 2. The van der Waals surface area contributed by atoms with Gasteiger partial charge in [-0.3, -0.25) is 0 Å². The molecule has 1 aliphatic rings. The van der Waals surface area contributed by atoms with Crippen molar-refractivity contribution in [2.75, 3.05) is 6.54 Å². The summed E-state index contributed by atoms with van der Waals surface area (Å²) in [4.78, 5) is 0. The predicted octanol–water partition coefficient (Wildman–Crippen LogP) is 3.02. The minimum absolute atomic E-state index is 0.0381. The zero-order chi connectivity index (χ0) is 11.6. The zero-order valence-corrected chi connectivity index (χ0v) is 10.2. The van der Waals surface area contributed by atoms with Crippen LogP contribution in [-0.2, 0) is 5.54 Å². The quantitative estimate of drug-likeness (QED) is 0.801. The van der Waals surface area contributed by atoms with Gasteiger partial charge in [0.1, 0.15) is 5.75 Å². The van der Waals surface area contributed by atoms with Gasteiger partial charge in [0.25, 0.3) is 0 Å².